The third-order valence-corrected chi connectivity index (χ3v) is 5.62. The lowest BCUT2D eigenvalue weighted by molar-refractivity contribution is 0.0738. The Labute approximate surface area is 166 Å². The maximum Gasteiger partial charge on any atom is 0.277 e. The number of fused-ring (bicyclic) bond motifs is 1. The van der Waals surface area contributed by atoms with Crippen molar-refractivity contribution < 1.29 is 13.7 Å². The minimum Gasteiger partial charge on any atom is -0.368 e. The van der Waals surface area contributed by atoms with Gasteiger partial charge in [-0.1, -0.05) is 5.16 Å². The molecule has 0 spiro atoms. The van der Waals surface area contributed by atoms with Crippen LogP contribution in [0.25, 0.3) is 11.1 Å². The van der Waals surface area contributed by atoms with Gasteiger partial charge in [-0.3, -0.25) is 4.79 Å². The Morgan fingerprint density at radius 2 is 1.66 bits per heavy atom. The zero-order chi connectivity index (χ0) is 19.8. The minimum absolute atomic E-state index is 0.169. The summed E-state index contributed by atoms with van der Waals surface area (Å²) in [7, 11) is 0. The summed E-state index contributed by atoms with van der Waals surface area (Å²) in [6.07, 6.45) is 3.66. The van der Waals surface area contributed by atoms with Gasteiger partial charge in [0, 0.05) is 45.0 Å². The monoisotopic (exact) mass is 396 g/mol. The number of carbonyl (C=O) groups is 1. The summed E-state index contributed by atoms with van der Waals surface area (Å²) in [6, 6.07) is 6.43. The number of aromatic nitrogens is 3. The van der Waals surface area contributed by atoms with E-state index in [0.29, 0.717) is 37.3 Å². The van der Waals surface area contributed by atoms with Crippen LogP contribution in [0.5, 0.6) is 0 Å². The third kappa shape index (κ3) is 3.26. The van der Waals surface area contributed by atoms with Gasteiger partial charge in [-0.05, 0) is 37.1 Å². The second-order valence-electron chi connectivity index (χ2n) is 7.36. The quantitative estimate of drug-likeness (QED) is 0.672. The first-order chi connectivity index (χ1) is 14.2. The normalized spacial score (nSPS) is 17.3. The Balaban J connectivity index is 1.36. The van der Waals surface area contributed by atoms with Gasteiger partial charge in [0.25, 0.3) is 11.6 Å². The van der Waals surface area contributed by atoms with E-state index in [1.807, 2.05) is 0 Å². The number of halogens is 1. The summed E-state index contributed by atoms with van der Waals surface area (Å²) in [6.45, 7) is 4.25. The van der Waals surface area contributed by atoms with E-state index in [1.54, 1.807) is 17.0 Å². The van der Waals surface area contributed by atoms with Crippen LogP contribution in [0.2, 0.25) is 0 Å². The third-order valence-electron chi connectivity index (χ3n) is 5.62. The zero-order valence-corrected chi connectivity index (χ0v) is 15.9. The molecule has 0 radical (unpaired) electrons. The maximum atomic E-state index is 13.2. The average Bonchev–Trinajstić information content (AvgIpc) is 3.44. The highest BCUT2D eigenvalue weighted by molar-refractivity contribution is 6.07. The van der Waals surface area contributed by atoms with E-state index in [4.69, 9.17) is 4.52 Å². The predicted molar refractivity (Wildman–Crippen MR) is 106 cm³/mol. The van der Waals surface area contributed by atoms with Crippen molar-refractivity contribution in [1.29, 1.82) is 0 Å². The molecule has 8 nitrogen and oxygen atoms in total. The van der Waals surface area contributed by atoms with E-state index in [2.05, 4.69) is 24.9 Å². The molecule has 0 aliphatic carbocycles. The lowest BCUT2D eigenvalue weighted by Crippen LogP contribution is -2.49. The van der Waals surface area contributed by atoms with Gasteiger partial charge in [0.15, 0.2) is 5.69 Å². The zero-order valence-electron chi connectivity index (χ0n) is 15.9. The largest absolute Gasteiger partial charge is 0.368 e. The smallest absolute Gasteiger partial charge is 0.277 e. The topological polar surface area (TPSA) is 78.6 Å². The van der Waals surface area contributed by atoms with Gasteiger partial charge in [-0.25, -0.2) is 9.37 Å². The fourth-order valence-electron chi connectivity index (χ4n) is 4.06. The van der Waals surface area contributed by atoms with Crippen molar-refractivity contribution in [2.75, 3.05) is 49.1 Å². The lowest BCUT2D eigenvalue weighted by Gasteiger charge is -2.35. The van der Waals surface area contributed by atoms with Crippen molar-refractivity contribution in [3.8, 4) is 0 Å². The van der Waals surface area contributed by atoms with Crippen molar-refractivity contribution in [3.05, 3.63) is 42.1 Å². The highest BCUT2D eigenvalue weighted by atomic mass is 19.1. The summed E-state index contributed by atoms with van der Waals surface area (Å²) in [4.78, 5) is 27.8. The van der Waals surface area contributed by atoms with Gasteiger partial charge in [-0.2, -0.15) is 4.98 Å². The maximum absolute atomic E-state index is 13.2. The van der Waals surface area contributed by atoms with Crippen LogP contribution in [0, 0.1) is 5.82 Å². The molecule has 2 fully saturated rings. The summed E-state index contributed by atoms with van der Waals surface area (Å²) in [5, 5.41) is 4.64. The molecule has 1 amide bonds. The molecule has 2 aliphatic heterocycles. The summed E-state index contributed by atoms with van der Waals surface area (Å²) in [5.74, 6) is 0.302. The van der Waals surface area contributed by atoms with Gasteiger partial charge in [0.2, 0.25) is 0 Å². The molecule has 29 heavy (non-hydrogen) atoms. The molecular formula is C20H21FN6O2. The number of carbonyl (C=O) groups excluding carboxylic acids is 1. The molecule has 0 unspecified atom stereocenters. The second kappa shape index (κ2) is 7.31. The lowest BCUT2D eigenvalue weighted by atomic mass is 10.2. The number of anilines is 2. The molecule has 0 N–H and O–H groups in total. The number of piperazine rings is 1. The van der Waals surface area contributed by atoms with Crippen LogP contribution in [0.4, 0.5) is 15.9 Å². The number of nitrogens with zero attached hydrogens (tertiary/aromatic N) is 6. The van der Waals surface area contributed by atoms with Gasteiger partial charge < -0.3 is 19.2 Å². The standard InChI is InChI=1S/C20H21FN6O2/c21-14-3-5-15(6-4-14)25-9-11-27(12-10-25)20(28)17-16-18(26-7-1-2-8-26)22-13-23-19(16)29-24-17/h3-6,13H,1-2,7-12H2. The predicted octanol–water partition coefficient (Wildman–Crippen LogP) is 2.32. The molecule has 5 rings (SSSR count). The summed E-state index contributed by atoms with van der Waals surface area (Å²) < 4.78 is 18.5. The molecule has 2 aromatic heterocycles. The van der Waals surface area contributed by atoms with Gasteiger partial charge >= 0.3 is 0 Å². The van der Waals surface area contributed by atoms with Gasteiger partial charge in [-0.15, -0.1) is 0 Å². The van der Waals surface area contributed by atoms with Crippen molar-refractivity contribution in [1.82, 2.24) is 20.0 Å². The van der Waals surface area contributed by atoms with Crippen molar-refractivity contribution in [3.63, 3.8) is 0 Å². The van der Waals surface area contributed by atoms with E-state index < -0.39 is 0 Å². The van der Waals surface area contributed by atoms with E-state index in [9.17, 15) is 9.18 Å². The van der Waals surface area contributed by atoms with E-state index in [1.165, 1.54) is 18.5 Å². The Bertz CT molecular complexity index is 1020. The first-order valence-electron chi connectivity index (χ1n) is 9.86. The van der Waals surface area contributed by atoms with Crippen molar-refractivity contribution >= 4 is 28.5 Å². The Morgan fingerprint density at radius 3 is 2.38 bits per heavy atom. The number of hydrogen-bond donors (Lipinski definition) is 0. The molecule has 0 bridgehead atoms. The number of amides is 1. The average molecular weight is 396 g/mol. The summed E-state index contributed by atoms with van der Waals surface area (Å²) >= 11 is 0. The Hall–Kier alpha value is -3.23. The van der Waals surface area contributed by atoms with E-state index in [-0.39, 0.29) is 17.4 Å². The number of benzene rings is 1. The van der Waals surface area contributed by atoms with Crippen LogP contribution in [0.15, 0.2) is 35.1 Å². The van der Waals surface area contributed by atoms with Gasteiger partial charge in [0.05, 0.1) is 0 Å². The fourth-order valence-corrected chi connectivity index (χ4v) is 4.06. The molecular weight excluding hydrogens is 375 g/mol. The second-order valence-corrected chi connectivity index (χ2v) is 7.36. The highest BCUT2D eigenvalue weighted by Crippen LogP contribution is 2.29. The highest BCUT2D eigenvalue weighted by Gasteiger charge is 2.30. The molecule has 3 aromatic rings. The first kappa shape index (κ1) is 17.8. The molecule has 4 heterocycles. The van der Waals surface area contributed by atoms with Crippen molar-refractivity contribution in [2.45, 2.75) is 12.8 Å². The molecule has 0 atom stereocenters. The van der Waals surface area contributed by atoms with Crippen LogP contribution in [0.1, 0.15) is 23.3 Å². The van der Waals surface area contributed by atoms with Crippen molar-refractivity contribution in [2.24, 2.45) is 0 Å². The fraction of sp³-hybridized carbons (Fsp3) is 0.400. The SMILES string of the molecule is O=C(c1noc2ncnc(N3CCCC3)c12)N1CCN(c2ccc(F)cc2)CC1. The number of rotatable bonds is 3. The van der Waals surface area contributed by atoms with Crippen LogP contribution >= 0.6 is 0 Å². The molecule has 0 saturated carbocycles. The summed E-state index contributed by atoms with van der Waals surface area (Å²) in [5.41, 5.74) is 1.57. The molecule has 1 aromatic carbocycles. The van der Waals surface area contributed by atoms with E-state index >= 15 is 0 Å². The Kier molecular flexibility index (Phi) is 4.49. The van der Waals surface area contributed by atoms with Crippen LogP contribution < -0.4 is 9.80 Å². The minimum atomic E-state index is -0.253. The molecule has 2 aliphatic rings. The molecule has 150 valence electrons. The molecule has 2 saturated heterocycles. The van der Waals surface area contributed by atoms with Crippen LogP contribution in [0.3, 0.4) is 0 Å². The van der Waals surface area contributed by atoms with E-state index in [0.717, 1.165) is 37.4 Å². The van der Waals surface area contributed by atoms with Gasteiger partial charge in [0.1, 0.15) is 23.3 Å². The first-order valence-corrected chi connectivity index (χ1v) is 9.86. The number of hydrogen-bond acceptors (Lipinski definition) is 7. The van der Waals surface area contributed by atoms with Crippen LogP contribution in [-0.2, 0) is 0 Å². The molecule has 9 heteroatoms. The Morgan fingerprint density at radius 1 is 0.931 bits per heavy atom. The van der Waals surface area contributed by atoms with Crippen LogP contribution in [-0.4, -0.2) is 65.2 Å².